The zero-order valence-corrected chi connectivity index (χ0v) is 14.9. The van der Waals surface area contributed by atoms with Gasteiger partial charge in [-0.3, -0.25) is 0 Å². The highest BCUT2D eigenvalue weighted by molar-refractivity contribution is 9.10. The Labute approximate surface area is 138 Å². The van der Waals surface area contributed by atoms with E-state index in [2.05, 4.69) is 52.6 Å². The third kappa shape index (κ3) is 4.46. The highest BCUT2D eigenvalue weighted by atomic mass is 79.9. The molecule has 1 atom stereocenters. The van der Waals surface area contributed by atoms with E-state index >= 15 is 0 Å². The van der Waals surface area contributed by atoms with Crippen LogP contribution < -0.4 is 14.8 Å². The van der Waals surface area contributed by atoms with Gasteiger partial charge in [-0.15, -0.1) is 11.3 Å². The molecule has 0 fully saturated rings. The van der Waals surface area contributed by atoms with E-state index in [1.54, 1.807) is 18.4 Å². The minimum Gasteiger partial charge on any atom is -0.493 e. The van der Waals surface area contributed by atoms with Gasteiger partial charge in [-0.05, 0) is 53.2 Å². The monoisotopic (exact) mass is 369 g/mol. The maximum atomic E-state index is 5.87. The number of hydrogen-bond donors (Lipinski definition) is 1. The molecule has 3 nitrogen and oxygen atoms in total. The van der Waals surface area contributed by atoms with E-state index in [0.29, 0.717) is 12.6 Å². The van der Waals surface area contributed by atoms with Crippen LogP contribution in [-0.2, 0) is 6.61 Å². The molecule has 0 aliphatic heterocycles. The van der Waals surface area contributed by atoms with Gasteiger partial charge in [0, 0.05) is 20.8 Å². The van der Waals surface area contributed by atoms with E-state index in [9.17, 15) is 0 Å². The van der Waals surface area contributed by atoms with E-state index < -0.39 is 0 Å². The number of hydrogen-bond acceptors (Lipinski definition) is 4. The lowest BCUT2D eigenvalue weighted by Gasteiger charge is -2.16. The Hall–Kier alpha value is -1.04. The van der Waals surface area contributed by atoms with Crippen LogP contribution in [0.15, 0.2) is 34.1 Å². The van der Waals surface area contributed by atoms with Gasteiger partial charge < -0.3 is 14.8 Å². The van der Waals surface area contributed by atoms with Crippen molar-refractivity contribution < 1.29 is 9.47 Å². The lowest BCUT2D eigenvalue weighted by molar-refractivity contribution is 0.287. The number of benzene rings is 1. The van der Waals surface area contributed by atoms with E-state index in [4.69, 9.17) is 9.47 Å². The van der Waals surface area contributed by atoms with Crippen LogP contribution in [0, 0.1) is 0 Å². The molecule has 2 rings (SSSR count). The normalized spacial score (nSPS) is 12.2. The first kappa shape index (κ1) is 16.3. The molecule has 21 heavy (non-hydrogen) atoms. The Morgan fingerprint density at radius 1 is 1.29 bits per heavy atom. The lowest BCUT2D eigenvalue weighted by Crippen LogP contribution is -2.17. The molecule has 0 radical (unpaired) electrons. The molecule has 5 heteroatoms. The highest BCUT2D eigenvalue weighted by Gasteiger charge is 2.10. The summed E-state index contributed by atoms with van der Waals surface area (Å²) in [6, 6.07) is 8.46. The Balaban J connectivity index is 2.08. The van der Waals surface area contributed by atoms with E-state index in [-0.39, 0.29) is 0 Å². The van der Waals surface area contributed by atoms with Crippen LogP contribution >= 0.6 is 27.3 Å². The van der Waals surface area contributed by atoms with Gasteiger partial charge in [-0.1, -0.05) is 13.0 Å². The molecular weight excluding hydrogens is 350 g/mol. The molecule has 0 spiro atoms. The van der Waals surface area contributed by atoms with Crippen LogP contribution in [0.1, 0.15) is 30.3 Å². The number of halogens is 1. The van der Waals surface area contributed by atoms with Crippen LogP contribution in [0.25, 0.3) is 0 Å². The summed E-state index contributed by atoms with van der Waals surface area (Å²) in [5, 5.41) is 5.45. The van der Waals surface area contributed by atoms with Crippen LogP contribution in [0.5, 0.6) is 11.5 Å². The standard InChI is InChI=1S/C16H20BrNO2S/c1-4-18-11(2)12-5-6-15(16(7-12)19-3)20-9-14-8-13(17)10-21-14/h5-8,10-11,18H,4,9H2,1-3H3. The third-order valence-electron chi connectivity index (χ3n) is 3.19. The van der Waals surface area contributed by atoms with E-state index in [0.717, 1.165) is 22.5 Å². The van der Waals surface area contributed by atoms with E-state index in [1.807, 2.05) is 12.1 Å². The average molecular weight is 370 g/mol. The summed E-state index contributed by atoms with van der Waals surface area (Å²) in [5.74, 6) is 1.54. The fourth-order valence-electron chi connectivity index (χ4n) is 2.08. The Bertz CT molecular complexity index is 585. The molecule has 1 heterocycles. The van der Waals surface area contributed by atoms with Gasteiger partial charge in [0.2, 0.25) is 0 Å². The number of nitrogens with one attached hydrogen (secondary N) is 1. The average Bonchev–Trinajstić information content (AvgIpc) is 2.90. The molecule has 1 aromatic heterocycles. The molecule has 0 aliphatic carbocycles. The maximum Gasteiger partial charge on any atom is 0.161 e. The molecule has 2 aromatic rings. The second kappa shape index (κ2) is 7.82. The fraction of sp³-hybridized carbons (Fsp3) is 0.375. The van der Waals surface area contributed by atoms with Gasteiger partial charge in [0.15, 0.2) is 11.5 Å². The van der Waals surface area contributed by atoms with Crippen molar-refractivity contribution in [3.05, 3.63) is 44.6 Å². The molecule has 0 amide bonds. The maximum absolute atomic E-state index is 5.87. The predicted molar refractivity (Wildman–Crippen MR) is 91.4 cm³/mol. The Kier molecular flexibility index (Phi) is 6.08. The van der Waals surface area contributed by atoms with Crippen molar-refractivity contribution in [2.75, 3.05) is 13.7 Å². The van der Waals surface area contributed by atoms with Crippen LogP contribution in [0.2, 0.25) is 0 Å². The molecular formula is C16H20BrNO2S. The van der Waals surface area contributed by atoms with Gasteiger partial charge in [-0.25, -0.2) is 0 Å². The van der Waals surface area contributed by atoms with Crippen molar-refractivity contribution in [2.45, 2.75) is 26.5 Å². The van der Waals surface area contributed by atoms with Crippen molar-refractivity contribution in [1.29, 1.82) is 0 Å². The molecule has 0 aliphatic rings. The zero-order chi connectivity index (χ0) is 15.2. The van der Waals surface area contributed by atoms with Gasteiger partial charge in [0.1, 0.15) is 6.61 Å². The second-order valence-electron chi connectivity index (χ2n) is 4.71. The topological polar surface area (TPSA) is 30.5 Å². The first-order chi connectivity index (χ1) is 10.1. The SMILES string of the molecule is CCNC(C)c1ccc(OCc2cc(Br)cs2)c(OC)c1. The van der Waals surface area contributed by atoms with E-state index in [1.165, 1.54) is 10.4 Å². The van der Waals surface area contributed by atoms with Crippen molar-refractivity contribution in [3.63, 3.8) is 0 Å². The zero-order valence-electron chi connectivity index (χ0n) is 12.5. The summed E-state index contributed by atoms with van der Waals surface area (Å²) in [6.45, 7) is 5.73. The third-order valence-corrected chi connectivity index (χ3v) is 4.86. The predicted octanol–water partition coefficient (Wildman–Crippen LogP) is 4.77. The molecule has 1 N–H and O–H groups in total. The number of rotatable bonds is 7. The summed E-state index contributed by atoms with van der Waals surface area (Å²) < 4.78 is 12.4. The van der Waals surface area contributed by atoms with Crippen molar-refractivity contribution in [2.24, 2.45) is 0 Å². The van der Waals surface area contributed by atoms with Gasteiger partial charge in [0.05, 0.1) is 7.11 Å². The van der Waals surface area contributed by atoms with Crippen molar-refractivity contribution >= 4 is 27.3 Å². The van der Waals surface area contributed by atoms with Crippen molar-refractivity contribution in [3.8, 4) is 11.5 Å². The first-order valence-corrected chi connectivity index (χ1v) is 8.58. The number of thiophene rings is 1. The summed E-state index contributed by atoms with van der Waals surface area (Å²) in [6.07, 6.45) is 0. The summed E-state index contributed by atoms with van der Waals surface area (Å²) in [7, 11) is 1.67. The minimum absolute atomic E-state index is 0.297. The second-order valence-corrected chi connectivity index (χ2v) is 6.62. The van der Waals surface area contributed by atoms with Crippen LogP contribution in [-0.4, -0.2) is 13.7 Å². The summed E-state index contributed by atoms with van der Waals surface area (Å²) >= 11 is 5.12. The number of methoxy groups -OCH3 is 1. The molecule has 0 saturated heterocycles. The molecule has 1 unspecified atom stereocenters. The van der Waals surface area contributed by atoms with Gasteiger partial charge in [-0.2, -0.15) is 0 Å². The largest absolute Gasteiger partial charge is 0.493 e. The number of ether oxygens (including phenoxy) is 2. The van der Waals surface area contributed by atoms with Crippen molar-refractivity contribution in [1.82, 2.24) is 5.32 Å². The summed E-state index contributed by atoms with van der Waals surface area (Å²) in [5.41, 5.74) is 1.19. The first-order valence-electron chi connectivity index (χ1n) is 6.91. The Morgan fingerprint density at radius 3 is 2.71 bits per heavy atom. The highest BCUT2D eigenvalue weighted by Crippen LogP contribution is 2.31. The smallest absolute Gasteiger partial charge is 0.161 e. The Morgan fingerprint density at radius 2 is 2.10 bits per heavy atom. The minimum atomic E-state index is 0.297. The molecule has 0 saturated carbocycles. The quantitative estimate of drug-likeness (QED) is 0.762. The van der Waals surface area contributed by atoms with Crippen LogP contribution in [0.3, 0.4) is 0 Å². The lowest BCUT2D eigenvalue weighted by atomic mass is 10.1. The summed E-state index contributed by atoms with van der Waals surface area (Å²) in [4.78, 5) is 1.18. The molecule has 114 valence electrons. The molecule has 0 bridgehead atoms. The fourth-order valence-corrected chi connectivity index (χ4v) is 3.44. The van der Waals surface area contributed by atoms with Gasteiger partial charge in [0.25, 0.3) is 0 Å². The molecule has 1 aromatic carbocycles. The van der Waals surface area contributed by atoms with Gasteiger partial charge >= 0.3 is 0 Å². The van der Waals surface area contributed by atoms with Crippen LogP contribution in [0.4, 0.5) is 0 Å².